The number of methoxy groups -OCH3 is 1. The number of ether oxygens (including phenoxy) is 2. The number of anilines is 4. The number of benzene rings is 6. The molecule has 9 aromatic rings. The fourth-order valence-corrected chi connectivity index (χ4v) is 14.3. The summed E-state index contributed by atoms with van der Waals surface area (Å²) in [6.07, 6.45) is 1.34. The predicted molar refractivity (Wildman–Crippen MR) is 383 cm³/mol. The zero-order valence-electron chi connectivity index (χ0n) is 53.5. The minimum atomic E-state index is -5.08. The van der Waals surface area contributed by atoms with E-state index in [-0.39, 0.29) is 137 Å². The first kappa shape index (κ1) is 77.0. The van der Waals surface area contributed by atoms with Gasteiger partial charge in [0.05, 0.1) is 80.4 Å². The van der Waals surface area contributed by atoms with E-state index < -0.39 is 84.8 Å². The predicted octanol–water partition coefficient (Wildman–Crippen LogP) is 15.9. The third kappa shape index (κ3) is 20.3. The van der Waals surface area contributed by atoms with Gasteiger partial charge in [0, 0.05) is 44.6 Å². The molecule has 0 aliphatic carbocycles. The highest BCUT2D eigenvalue weighted by atomic mass is 35.5. The maximum Gasteiger partial charge on any atom is 0.297 e. The quantitative estimate of drug-likeness (QED) is 0.00530. The molecule has 0 spiro atoms. The van der Waals surface area contributed by atoms with Crippen LogP contribution in [-0.4, -0.2) is 135 Å². The van der Waals surface area contributed by atoms with Crippen molar-refractivity contribution in [2.45, 2.75) is 59.9 Å². The molecule has 3 aromatic heterocycles. The highest BCUT2D eigenvalue weighted by Crippen LogP contribution is 2.46. The molecule has 6 aromatic carbocycles. The van der Waals surface area contributed by atoms with Crippen LogP contribution in [0.4, 0.5) is 74.5 Å². The molecule has 534 valence electrons. The Kier molecular flexibility index (Phi) is 24.8. The van der Waals surface area contributed by atoms with E-state index in [2.05, 4.69) is 77.6 Å². The maximum atomic E-state index is 12.4. The van der Waals surface area contributed by atoms with Gasteiger partial charge in [-0.3, -0.25) is 32.7 Å². The zero-order chi connectivity index (χ0) is 74.0. The topological polar surface area (TPSA) is 502 Å². The number of hydrogen-bond acceptors (Lipinski definition) is 31. The number of fused-ring (bicyclic) bond motifs is 3. The smallest absolute Gasteiger partial charge is 0.297 e. The fourth-order valence-electron chi connectivity index (χ4n) is 9.24. The number of azo groups is 4. The molecule has 0 fully saturated rings. The number of nitro benzene ring substituents is 1. The molecular weight excluding hydrogens is 1510 g/mol. The summed E-state index contributed by atoms with van der Waals surface area (Å²) in [5, 5.41) is 76.3. The first-order chi connectivity index (χ1) is 48.2. The van der Waals surface area contributed by atoms with Crippen LogP contribution in [0.2, 0.25) is 10.0 Å². The number of aryl methyl sites for hydroxylation is 2. The van der Waals surface area contributed by atoms with Crippen molar-refractivity contribution in [2.24, 2.45) is 40.9 Å². The van der Waals surface area contributed by atoms with E-state index in [1.165, 1.54) is 47.9 Å². The van der Waals surface area contributed by atoms with Gasteiger partial charge in [-0.05, 0) is 136 Å². The Morgan fingerprint density at radius 1 is 0.637 bits per heavy atom. The fraction of sp³-hybridized carbons (Fsp3) is 0.237. The molecule has 0 bridgehead atoms. The van der Waals surface area contributed by atoms with E-state index in [9.17, 15) is 72.4 Å². The van der Waals surface area contributed by atoms with Crippen LogP contribution >= 0.6 is 58.5 Å². The molecule has 34 nitrogen and oxygen atoms in total. The van der Waals surface area contributed by atoms with E-state index in [4.69, 9.17) is 32.7 Å². The van der Waals surface area contributed by atoms with Crippen LogP contribution in [0.3, 0.4) is 0 Å². The molecule has 0 amide bonds. The normalized spacial score (nSPS) is 12.4. The Labute approximate surface area is 603 Å². The summed E-state index contributed by atoms with van der Waals surface area (Å²) in [5.74, 6) is -1.97. The monoisotopic (exact) mass is 1570 g/mol. The van der Waals surface area contributed by atoms with E-state index in [1.54, 1.807) is 63.4 Å². The largest absolute Gasteiger partial charge is 0.497 e. The molecule has 3 heterocycles. The number of aromatic nitrogens is 5. The number of thioether (sulfide) groups is 3. The number of nitriles is 1. The molecule has 0 aliphatic heterocycles. The van der Waals surface area contributed by atoms with Crippen LogP contribution < -0.4 is 20.1 Å². The lowest BCUT2D eigenvalue weighted by Crippen LogP contribution is -2.08. The molecule has 0 unspecified atom stereocenters. The van der Waals surface area contributed by atoms with Gasteiger partial charge in [-0.15, -0.1) is 54.2 Å². The number of rotatable bonds is 31. The van der Waals surface area contributed by atoms with Crippen molar-refractivity contribution in [3.05, 3.63) is 133 Å². The Morgan fingerprint density at radius 2 is 1.20 bits per heavy atom. The molecule has 0 aliphatic rings. The second kappa shape index (κ2) is 32.9. The van der Waals surface area contributed by atoms with Crippen LogP contribution in [0.15, 0.2) is 152 Å². The Bertz CT molecular complexity index is 5460. The highest BCUT2D eigenvalue weighted by molar-refractivity contribution is 7.99. The van der Waals surface area contributed by atoms with Gasteiger partial charge in [-0.25, -0.2) is 4.98 Å². The Balaban J connectivity index is 1.19. The number of non-ortho nitro benzene ring substituents is 1. The minimum Gasteiger partial charge on any atom is -0.497 e. The number of hydrogen-bond donors (Lipinski definition) is 7. The molecular formula is C59H55Cl2N17O17S7. The van der Waals surface area contributed by atoms with Gasteiger partial charge >= 0.3 is 0 Å². The lowest BCUT2D eigenvalue weighted by Gasteiger charge is -2.14. The standard InChI is InChI=1S/C59H55Cl2N17O17S7/c1-31-21-46(73-76-54-33(3)37(30-62)55-63-45-25-36(94-4)11-14-49(45)77(55)56(54)79)50(95-15-6-18-99(82,83)84)27-40(31)70-75-48-26-43(65-58-66-57(67-59(68-58)96-5)64-42-23-34(60)9-12-38(42)61)44(29-52(48)98-17-8-20-101(88,89)90)72-74-47-22-32(2)41(28-51(47)97-16-7-19-100(85,86)87)71-69-39-13-10-35(78(80)81)24-53(39)102(91,92)93/h9-14,21-29,79H,6-8,15-20H2,1-5H3,(H,82,83,84)(H,85,86,87)(H,88,89,90)(H,91,92,93)(H2,64,65,66,67,68). The molecule has 43 heteroatoms. The van der Waals surface area contributed by atoms with Crippen molar-refractivity contribution in [3.63, 3.8) is 0 Å². The second-order valence-electron chi connectivity index (χ2n) is 21.5. The molecule has 7 N–H and O–H groups in total. The summed E-state index contributed by atoms with van der Waals surface area (Å²) in [5.41, 5.74) is 1.50. The van der Waals surface area contributed by atoms with Crippen molar-refractivity contribution in [1.82, 2.24) is 24.3 Å². The first-order valence-electron chi connectivity index (χ1n) is 29.2. The van der Waals surface area contributed by atoms with Gasteiger partial charge in [-0.2, -0.15) is 64.1 Å². The Morgan fingerprint density at radius 3 is 1.79 bits per heavy atom. The summed E-state index contributed by atoms with van der Waals surface area (Å²) in [6.45, 7) is 4.45. The van der Waals surface area contributed by atoms with E-state index in [1.807, 2.05) is 0 Å². The molecule has 0 radical (unpaired) electrons. The lowest BCUT2D eigenvalue weighted by molar-refractivity contribution is -0.385. The average Bonchev–Trinajstić information content (AvgIpc) is 1.58. The molecule has 0 atom stereocenters. The van der Waals surface area contributed by atoms with E-state index in [0.29, 0.717) is 44.7 Å². The summed E-state index contributed by atoms with van der Waals surface area (Å²) in [6, 6.07) is 23.0. The van der Waals surface area contributed by atoms with Crippen molar-refractivity contribution in [3.8, 4) is 23.4 Å². The highest BCUT2D eigenvalue weighted by Gasteiger charge is 2.25. The summed E-state index contributed by atoms with van der Waals surface area (Å²) >= 11 is 16.1. The van der Waals surface area contributed by atoms with Gasteiger partial charge in [0.1, 0.15) is 50.8 Å². The SMILES string of the molecule is COc1ccc2c(c1)nc1c(C#N)c(C)c(N=Nc3cc(C)c(N=Nc4cc(Nc5nc(Nc6cc(Cl)ccc6Cl)nc(SC)n5)c(N=Nc5cc(C)c(N=Nc6ccc([N+](=O)[O-])cc6S(=O)(=O)O)cc5SCCCS(=O)(=O)O)cc4SCCCS(=O)(=O)O)cc3OCCCS(=O)(=O)O)c(O)n12. The number of nitro groups is 1. The van der Waals surface area contributed by atoms with E-state index in [0.717, 1.165) is 47.4 Å². The van der Waals surface area contributed by atoms with Gasteiger partial charge < -0.3 is 25.2 Å². The number of pyridine rings is 1. The average molecular weight is 1570 g/mol. The molecule has 0 saturated carbocycles. The van der Waals surface area contributed by atoms with E-state index >= 15 is 0 Å². The summed E-state index contributed by atoms with van der Waals surface area (Å²) in [4.78, 5) is 28.5. The van der Waals surface area contributed by atoms with Crippen molar-refractivity contribution < 1.29 is 71.4 Å². The van der Waals surface area contributed by atoms with Gasteiger partial charge in [0.25, 0.3) is 46.2 Å². The first-order valence-corrected chi connectivity index (χ1v) is 39.4. The number of halogens is 2. The van der Waals surface area contributed by atoms with Crippen molar-refractivity contribution in [2.75, 3.05) is 59.4 Å². The van der Waals surface area contributed by atoms with Crippen molar-refractivity contribution >= 4 is 190 Å². The number of nitrogens with zero attached hydrogens (tertiary/aromatic N) is 15. The molecule has 9 rings (SSSR count). The van der Waals surface area contributed by atoms with Gasteiger partial charge in [0.2, 0.25) is 17.8 Å². The summed E-state index contributed by atoms with van der Waals surface area (Å²) in [7, 11) is -16.9. The maximum absolute atomic E-state index is 12.4. The third-order valence-electron chi connectivity index (χ3n) is 14.1. The second-order valence-corrected chi connectivity index (χ2v) is 31.4. The van der Waals surface area contributed by atoms with Crippen LogP contribution in [0, 0.1) is 42.2 Å². The zero-order valence-corrected chi connectivity index (χ0v) is 60.7. The summed E-state index contributed by atoms with van der Waals surface area (Å²) < 4.78 is 147. The molecule has 0 saturated heterocycles. The van der Waals surface area contributed by atoms with Crippen LogP contribution in [0.5, 0.6) is 17.4 Å². The third-order valence-corrected chi connectivity index (χ3v) is 20.8. The Hall–Kier alpha value is -9.16. The van der Waals surface area contributed by atoms with Crippen molar-refractivity contribution in [1.29, 1.82) is 5.26 Å². The van der Waals surface area contributed by atoms with Gasteiger partial charge in [-0.1, -0.05) is 35.0 Å². The van der Waals surface area contributed by atoms with Gasteiger partial charge in [0.15, 0.2) is 16.5 Å². The number of nitrogens with one attached hydrogen (secondary N) is 2. The van der Waals surface area contributed by atoms with Crippen LogP contribution in [0.25, 0.3) is 16.7 Å². The van der Waals surface area contributed by atoms with Crippen LogP contribution in [0.1, 0.15) is 41.5 Å². The minimum absolute atomic E-state index is 0.0103. The molecule has 102 heavy (non-hydrogen) atoms. The number of imidazole rings is 1. The lowest BCUT2D eigenvalue weighted by atomic mass is 10.1. The van der Waals surface area contributed by atoms with Crippen LogP contribution in [-0.2, 0) is 40.5 Å². The number of aromatic hydroxyl groups is 1.